The Labute approximate surface area is 101 Å². The van der Waals surface area contributed by atoms with E-state index in [0.717, 1.165) is 0 Å². The maximum atomic E-state index is 11.6. The second-order valence-corrected chi connectivity index (χ2v) is 4.35. The molecule has 0 aromatic heterocycles. The van der Waals surface area contributed by atoms with E-state index in [-0.39, 0.29) is 21.7 Å². The Hall–Kier alpha value is -1.13. The average Bonchev–Trinajstić information content (AvgIpc) is 2.22. The number of hydrogen-bond acceptors (Lipinski definition) is 4. The van der Waals surface area contributed by atoms with Crippen LogP contribution in [0, 0.1) is 0 Å². The summed E-state index contributed by atoms with van der Waals surface area (Å²) >= 11 is 11.5. The second-order valence-electron chi connectivity index (χ2n) is 3.60. The van der Waals surface area contributed by atoms with Gasteiger partial charge < -0.3 is 14.9 Å². The number of halogens is 2. The van der Waals surface area contributed by atoms with Gasteiger partial charge in [0.15, 0.2) is 11.5 Å². The molecular formula is C10H8Cl2O4. The Morgan fingerprint density at radius 1 is 1.25 bits per heavy atom. The van der Waals surface area contributed by atoms with Gasteiger partial charge in [-0.15, -0.1) is 0 Å². The number of phenolic OH excluding ortho intramolecular Hbond substituents is 2. The number of cyclic esters (lactones) is 1. The van der Waals surface area contributed by atoms with Crippen LogP contribution in [0.1, 0.15) is 22.8 Å². The van der Waals surface area contributed by atoms with E-state index in [9.17, 15) is 15.0 Å². The molecule has 2 N–H and O–H groups in total. The second kappa shape index (κ2) is 3.71. The first kappa shape index (κ1) is 11.4. The van der Waals surface area contributed by atoms with E-state index in [1.54, 1.807) is 6.92 Å². The van der Waals surface area contributed by atoms with Gasteiger partial charge in [0.05, 0.1) is 5.02 Å². The number of carbonyl (C=O) groups is 1. The van der Waals surface area contributed by atoms with Gasteiger partial charge in [0.25, 0.3) is 0 Å². The van der Waals surface area contributed by atoms with Crippen LogP contribution in [-0.2, 0) is 11.2 Å². The zero-order chi connectivity index (χ0) is 12.0. The first-order valence-electron chi connectivity index (χ1n) is 4.56. The minimum atomic E-state index is -0.685. The van der Waals surface area contributed by atoms with Gasteiger partial charge >= 0.3 is 5.97 Å². The number of phenols is 2. The molecule has 0 spiro atoms. The van der Waals surface area contributed by atoms with Crippen molar-refractivity contribution in [3.63, 3.8) is 0 Å². The van der Waals surface area contributed by atoms with Gasteiger partial charge in [0, 0.05) is 6.42 Å². The predicted molar refractivity (Wildman–Crippen MR) is 58.4 cm³/mol. The quantitative estimate of drug-likeness (QED) is 0.706. The summed E-state index contributed by atoms with van der Waals surface area (Å²) in [4.78, 5) is 11.6. The summed E-state index contributed by atoms with van der Waals surface area (Å²) in [5, 5.41) is 18.8. The maximum Gasteiger partial charge on any atom is 0.342 e. The molecule has 1 atom stereocenters. The van der Waals surface area contributed by atoms with E-state index in [1.165, 1.54) is 0 Å². The molecule has 1 aliphatic rings. The molecule has 4 nitrogen and oxygen atoms in total. The van der Waals surface area contributed by atoms with Gasteiger partial charge in [-0.2, -0.15) is 0 Å². The molecule has 1 aromatic carbocycles. The Morgan fingerprint density at radius 2 is 1.88 bits per heavy atom. The topological polar surface area (TPSA) is 66.8 Å². The van der Waals surface area contributed by atoms with Crippen LogP contribution < -0.4 is 0 Å². The minimum Gasteiger partial charge on any atom is -0.505 e. The molecule has 0 saturated heterocycles. The fourth-order valence-corrected chi connectivity index (χ4v) is 2.20. The largest absolute Gasteiger partial charge is 0.505 e. The third-order valence-corrected chi connectivity index (χ3v) is 3.20. The number of aromatic hydroxyl groups is 2. The summed E-state index contributed by atoms with van der Waals surface area (Å²) in [5.74, 6) is -1.59. The molecule has 1 aromatic rings. The fourth-order valence-electron chi connectivity index (χ4n) is 1.70. The SMILES string of the molecule is CC1Cc2c(Cl)c(O)c(Cl)c(O)c2C(=O)O1. The van der Waals surface area contributed by atoms with Crippen molar-refractivity contribution >= 4 is 29.2 Å². The number of esters is 1. The zero-order valence-electron chi connectivity index (χ0n) is 8.25. The van der Waals surface area contributed by atoms with E-state index < -0.39 is 17.5 Å². The van der Waals surface area contributed by atoms with Crippen molar-refractivity contribution in [2.75, 3.05) is 0 Å². The molecule has 0 radical (unpaired) electrons. The highest BCUT2D eigenvalue weighted by atomic mass is 35.5. The molecule has 2 rings (SSSR count). The van der Waals surface area contributed by atoms with Gasteiger partial charge in [-0.1, -0.05) is 23.2 Å². The molecule has 6 heteroatoms. The first-order chi connectivity index (χ1) is 7.43. The van der Waals surface area contributed by atoms with Crippen LogP contribution in [0.3, 0.4) is 0 Å². The molecule has 86 valence electrons. The lowest BCUT2D eigenvalue weighted by molar-refractivity contribution is 0.0297. The molecule has 1 unspecified atom stereocenters. The van der Waals surface area contributed by atoms with Crippen molar-refractivity contribution in [1.82, 2.24) is 0 Å². The number of hydrogen-bond donors (Lipinski definition) is 2. The van der Waals surface area contributed by atoms with Gasteiger partial charge in [-0.05, 0) is 12.5 Å². The van der Waals surface area contributed by atoms with Crippen molar-refractivity contribution in [2.24, 2.45) is 0 Å². The first-order valence-corrected chi connectivity index (χ1v) is 5.31. The van der Waals surface area contributed by atoms with E-state index >= 15 is 0 Å². The summed E-state index contributed by atoms with van der Waals surface area (Å²) in [6, 6.07) is 0. The lowest BCUT2D eigenvalue weighted by atomic mass is 9.97. The Morgan fingerprint density at radius 3 is 2.50 bits per heavy atom. The van der Waals surface area contributed by atoms with E-state index in [2.05, 4.69) is 0 Å². The van der Waals surface area contributed by atoms with Gasteiger partial charge in [-0.25, -0.2) is 4.79 Å². The summed E-state index contributed by atoms with van der Waals surface area (Å²) in [5.41, 5.74) is 0.302. The van der Waals surface area contributed by atoms with Crippen LogP contribution in [0.2, 0.25) is 10.0 Å². The molecular weight excluding hydrogens is 255 g/mol. The zero-order valence-corrected chi connectivity index (χ0v) is 9.76. The smallest absolute Gasteiger partial charge is 0.342 e. The number of carbonyl (C=O) groups excluding carboxylic acids is 1. The van der Waals surface area contributed by atoms with Crippen LogP contribution in [0.25, 0.3) is 0 Å². The van der Waals surface area contributed by atoms with Crippen LogP contribution >= 0.6 is 23.2 Å². The predicted octanol–water partition coefficient (Wildman–Crippen LogP) is 2.51. The molecule has 0 amide bonds. The maximum absolute atomic E-state index is 11.6. The third-order valence-electron chi connectivity index (χ3n) is 2.43. The third kappa shape index (κ3) is 1.49. The highest BCUT2D eigenvalue weighted by molar-refractivity contribution is 6.39. The van der Waals surface area contributed by atoms with Gasteiger partial charge in [0.2, 0.25) is 0 Å². The van der Waals surface area contributed by atoms with E-state index in [4.69, 9.17) is 27.9 Å². The number of benzene rings is 1. The highest BCUT2D eigenvalue weighted by Crippen LogP contribution is 2.46. The van der Waals surface area contributed by atoms with Crippen molar-refractivity contribution < 1.29 is 19.7 Å². The Bertz CT molecular complexity index is 484. The molecule has 0 fully saturated rings. The van der Waals surface area contributed by atoms with Gasteiger partial charge in [-0.3, -0.25) is 0 Å². The molecule has 0 saturated carbocycles. The number of rotatable bonds is 0. The lowest BCUT2D eigenvalue weighted by Gasteiger charge is -2.24. The summed E-state index contributed by atoms with van der Waals surface area (Å²) in [6.07, 6.45) is -0.0180. The van der Waals surface area contributed by atoms with Crippen LogP contribution in [-0.4, -0.2) is 22.3 Å². The normalized spacial score (nSPS) is 19.2. The van der Waals surface area contributed by atoms with Crippen molar-refractivity contribution in [2.45, 2.75) is 19.4 Å². The molecule has 16 heavy (non-hydrogen) atoms. The number of fused-ring (bicyclic) bond motifs is 1. The lowest BCUT2D eigenvalue weighted by Crippen LogP contribution is -2.25. The van der Waals surface area contributed by atoms with Crippen molar-refractivity contribution in [1.29, 1.82) is 0 Å². The highest BCUT2D eigenvalue weighted by Gasteiger charge is 2.32. The Kier molecular flexibility index (Phi) is 2.64. The van der Waals surface area contributed by atoms with Crippen LogP contribution in [0.15, 0.2) is 0 Å². The molecule has 1 heterocycles. The number of ether oxygens (including phenoxy) is 1. The van der Waals surface area contributed by atoms with E-state index in [0.29, 0.717) is 12.0 Å². The monoisotopic (exact) mass is 262 g/mol. The standard InChI is InChI=1S/C10H8Cl2O4/c1-3-2-4-5(10(15)16-3)8(13)7(12)9(14)6(4)11/h3,13-14H,2H2,1H3. The molecule has 1 aliphatic heterocycles. The van der Waals surface area contributed by atoms with Gasteiger partial charge in [0.1, 0.15) is 16.7 Å². The summed E-state index contributed by atoms with van der Waals surface area (Å²) in [7, 11) is 0. The molecule has 0 bridgehead atoms. The Balaban J connectivity index is 2.76. The van der Waals surface area contributed by atoms with Crippen molar-refractivity contribution in [3.05, 3.63) is 21.2 Å². The van der Waals surface area contributed by atoms with Crippen LogP contribution in [0.5, 0.6) is 11.5 Å². The van der Waals surface area contributed by atoms with Crippen LogP contribution in [0.4, 0.5) is 0 Å². The summed E-state index contributed by atoms with van der Waals surface area (Å²) in [6.45, 7) is 1.69. The molecule has 0 aliphatic carbocycles. The van der Waals surface area contributed by atoms with Crippen molar-refractivity contribution in [3.8, 4) is 11.5 Å². The fraction of sp³-hybridized carbons (Fsp3) is 0.300. The average molecular weight is 263 g/mol. The summed E-state index contributed by atoms with van der Waals surface area (Å²) < 4.78 is 4.95. The van der Waals surface area contributed by atoms with E-state index in [1.807, 2.05) is 0 Å². The minimum absolute atomic E-state index is 0.0127.